The van der Waals surface area contributed by atoms with E-state index >= 15 is 0 Å². The Hall–Kier alpha value is -3.29. The van der Waals surface area contributed by atoms with Gasteiger partial charge in [-0.3, -0.25) is 4.79 Å². The standard InChI is InChI=1S/C27H23O6S/c28-23(32-25-22-15-21-24(31-22)26(25)33-27(21)29)16-30-17-11-13-20(14-12-17)34(18-7-3-1-4-8-18)19-9-5-2-6-10-19/h1-14,21-22,24-26H,15-16H2/q+1. The van der Waals surface area contributed by atoms with Crippen LogP contribution in [0.25, 0.3) is 0 Å². The zero-order valence-corrected chi connectivity index (χ0v) is 19.1. The average molecular weight is 476 g/mol. The number of ether oxygens (including phenoxy) is 4. The topological polar surface area (TPSA) is 71.1 Å². The van der Waals surface area contributed by atoms with Gasteiger partial charge in [-0.1, -0.05) is 36.4 Å². The Morgan fingerprint density at radius 1 is 0.853 bits per heavy atom. The molecule has 3 aromatic rings. The highest BCUT2D eigenvalue weighted by Crippen LogP contribution is 2.47. The maximum Gasteiger partial charge on any atom is 0.344 e. The Balaban J connectivity index is 1.11. The largest absolute Gasteiger partial charge is 0.482 e. The summed E-state index contributed by atoms with van der Waals surface area (Å²) < 4.78 is 22.3. The summed E-state index contributed by atoms with van der Waals surface area (Å²) in [6, 6.07) is 28.6. The number of hydrogen-bond acceptors (Lipinski definition) is 6. The molecular formula is C27H23O6S+. The molecule has 3 fully saturated rings. The molecule has 6 rings (SSSR count). The van der Waals surface area contributed by atoms with Gasteiger partial charge in [0.15, 0.2) is 33.5 Å². The molecule has 3 saturated heterocycles. The highest BCUT2D eigenvalue weighted by Gasteiger charge is 2.65. The molecule has 0 aliphatic carbocycles. The SMILES string of the molecule is O=C(COc1ccc([S+](c2ccccc2)c2ccccc2)cc1)OC1C2CC3C(=O)OC1C3O2. The summed E-state index contributed by atoms with van der Waals surface area (Å²) in [5, 5.41) is 0. The van der Waals surface area contributed by atoms with Crippen LogP contribution in [0, 0.1) is 5.92 Å². The van der Waals surface area contributed by atoms with Crippen molar-refractivity contribution >= 4 is 22.8 Å². The molecule has 172 valence electrons. The van der Waals surface area contributed by atoms with Gasteiger partial charge in [0.2, 0.25) is 0 Å². The monoisotopic (exact) mass is 475 g/mol. The van der Waals surface area contributed by atoms with Crippen LogP contribution in [0.5, 0.6) is 5.75 Å². The van der Waals surface area contributed by atoms with E-state index in [-0.39, 0.29) is 41.6 Å². The Labute approximate surface area is 200 Å². The summed E-state index contributed by atoms with van der Waals surface area (Å²) in [6.45, 7) is -0.222. The van der Waals surface area contributed by atoms with Gasteiger partial charge < -0.3 is 18.9 Å². The van der Waals surface area contributed by atoms with E-state index in [1.807, 2.05) is 36.4 Å². The van der Waals surface area contributed by atoms with Gasteiger partial charge in [-0.15, -0.1) is 0 Å². The Morgan fingerprint density at radius 2 is 1.47 bits per heavy atom. The minimum atomic E-state index is -0.551. The van der Waals surface area contributed by atoms with Gasteiger partial charge >= 0.3 is 11.9 Å². The molecule has 2 bridgehead atoms. The van der Waals surface area contributed by atoms with E-state index in [0.29, 0.717) is 12.2 Å². The molecule has 5 atom stereocenters. The van der Waals surface area contributed by atoms with Gasteiger partial charge in [0.25, 0.3) is 0 Å². The summed E-state index contributed by atoms with van der Waals surface area (Å²) in [4.78, 5) is 27.9. The minimum absolute atomic E-state index is 0.212. The van der Waals surface area contributed by atoms with Gasteiger partial charge in [0.1, 0.15) is 11.9 Å². The lowest BCUT2D eigenvalue weighted by atomic mass is 9.88. The highest BCUT2D eigenvalue weighted by atomic mass is 32.2. The number of fused-ring (bicyclic) bond motifs is 1. The van der Waals surface area contributed by atoms with Crippen LogP contribution in [0.4, 0.5) is 0 Å². The number of rotatable bonds is 7. The average Bonchev–Trinajstić information content (AvgIpc) is 3.51. The van der Waals surface area contributed by atoms with Crippen molar-refractivity contribution in [2.75, 3.05) is 6.61 Å². The molecule has 6 nitrogen and oxygen atoms in total. The predicted molar refractivity (Wildman–Crippen MR) is 124 cm³/mol. The fourth-order valence-electron chi connectivity index (χ4n) is 4.90. The summed E-state index contributed by atoms with van der Waals surface area (Å²) in [7, 11) is -0.247. The number of esters is 2. The molecule has 3 aromatic carbocycles. The second-order valence-corrected chi connectivity index (χ2v) is 10.6. The summed E-state index contributed by atoms with van der Waals surface area (Å²) in [6.07, 6.45) is -1.06. The van der Waals surface area contributed by atoms with Crippen molar-refractivity contribution in [1.29, 1.82) is 0 Å². The van der Waals surface area contributed by atoms with Gasteiger partial charge in [-0.25, -0.2) is 4.79 Å². The number of carbonyl (C=O) groups is 2. The van der Waals surface area contributed by atoms with Gasteiger partial charge in [0.05, 0.1) is 22.9 Å². The van der Waals surface area contributed by atoms with E-state index < -0.39 is 18.2 Å². The lowest BCUT2D eigenvalue weighted by molar-refractivity contribution is -0.162. The van der Waals surface area contributed by atoms with Crippen LogP contribution in [0.15, 0.2) is 99.6 Å². The second-order valence-electron chi connectivity index (χ2n) is 8.53. The third-order valence-electron chi connectivity index (χ3n) is 6.43. The van der Waals surface area contributed by atoms with Crippen LogP contribution in [-0.4, -0.2) is 43.0 Å². The van der Waals surface area contributed by atoms with E-state index in [0.717, 1.165) is 4.90 Å². The molecule has 0 amide bonds. The van der Waals surface area contributed by atoms with Crippen LogP contribution in [-0.2, 0) is 34.7 Å². The van der Waals surface area contributed by atoms with Crippen LogP contribution in [0.3, 0.4) is 0 Å². The maximum absolute atomic E-state index is 12.4. The normalized spacial score (nSPS) is 26.5. The zero-order chi connectivity index (χ0) is 23.1. The molecule has 3 heterocycles. The van der Waals surface area contributed by atoms with E-state index in [1.165, 1.54) is 9.79 Å². The Bertz CT molecular complexity index is 1140. The van der Waals surface area contributed by atoms with Crippen molar-refractivity contribution in [1.82, 2.24) is 0 Å². The third-order valence-corrected chi connectivity index (χ3v) is 8.66. The molecule has 7 heteroatoms. The van der Waals surface area contributed by atoms with Crippen LogP contribution >= 0.6 is 0 Å². The fourth-order valence-corrected chi connectivity index (χ4v) is 6.99. The van der Waals surface area contributed by atoms with Crippen molar-refractivity contribution in [3.05, 3.63) is 84.9 Å². The number of carbonyl (C=O) groups excluding carboxylic acids is 2. The molecule has 0 N–H and O–H groups in total. The number of benzene rings is 3. The predicted octanol–water partition coefficient (Wildman–Crippen LogP) is 3.79. The highest BCUT2D eigenvalue weighted by molar-refractivity contribution is 7.97. The molecule has 0 spiro atoms. The van der Waals surface area contributed by atoms with Crippen LogP contribution in [0.1, 0.15) is 6.42 Å². The van der Waals surface area contributed by atoms with Crippen LogP contribution < -0.4 is 4.74 Å². The zero-order valence-electron chi connectivity index (χ0n) is 18.2. The first-order valence-electron chi connectivity index (χ1n) is 11.3. The van der Waals surface area contributed by atoms with Crippen LogP contribution in [0.2, 0.25) is 0 Å². The smallest absolute Gasteiger partial charge is 0.344 e. The Morgan fingerprint density at radius 3 is 2.12 bits per heavy atom. The summed E-state index contributed by atoms with van der Waals surface area (Å²) in [5.74, 6) is -0.381. The van der Waals surface area contributed by atoms with Gasteiger partial charge in [-0.2, -0.15) is 0 Å². The molecule has 0 radical (unpaired) electrons. The first-order chi connectivity index (χ1) is 16.7. The second kappa shape index (κ2) is 8.81. The molecule has 3 aliphatic rings. The van der Waals surface area contributed by atoms with Gasteiger partial charge in [-0.05, 0) is 55.0 Å². The molecule has 5 unspecified atom stereocenters. The lowest BCUT2D eigenvalue weighted by Crippen LogP contribution is -2.40. The summed E-state index contributed by atoms with van der Waals surface area (Å²) >= 11 is 0. The molecule has 0 aromatic heterocycles. The van der Waals surface area contributed by atoms with E-state index in [4.69, 9.17) is 18.9 Å². The summed E-state index contributed by atoms with van der Waals surface area (Å²) in [5.41, 5.74) is 0. The third kappa shape index (κ3) is 3.85. The molecule has 0 saturated carbocycles. The molecule has 34 heavy (non-hydrogen) atoms. The molecule has 3 aliphatic heterocycles. The lowest BCUT2D eigenvalue weighted by Gasteiger charge is -2.22. The van der Waals surface area contributed by atoms with Gasteiger partial charge in [0, 0.05) is 0 Å². The quantitative estimate of drug-likeness (QED) is 0.383. The molecular weight excluding hydrogens is 452 g/mol. The Kier molecular flexibility index (Phi) is 5.51. The first kappa shape index (κ1) is 21.3. The van der Waals surface area contributed by atoms with E-state index in [9.17, 15) is 9.59 Å². The van der Waals surface area contributed by atoms with Crippen molar-refractivity contribution in [2.45, 2.75) is 45.5 Å². The van der Waals surface area contributed by atoms with Crippen molar-refractivity contribution in [2.24, 2.45) is 5.92 Å². The van der Waals surface area contributed by atoms with E-state index in [1.54, 1.807) is 0 Å². The maximum atomic E-state index is 12.4. The fraction of sp³-hybridized carbons (Fsp3) is 0.259. The minimum Gasteiger partial charge on any atom is -0.482 e. The van der Waals surface area contributed by atoms with Crippen molar-refractivity contribution in [3.8, 4) is 5.75 Å². The van der Waals surface area contributed by atoms with E-state index in [2.05, 4.69) is 48.5 Å². The first-order valence-corrected chi connectivity index (χ1v) is 12.5. The van der Waals surface area contributed by atoms with Crippen molar-refractivity contribution < 1.29 is 28.5 Å². The number of hydrogen-bond donors (Lipinski definition) is 0. The van der Waals surface area contributed by atoms with Crippen molar-refractivity contribution in [3.63, 3.8) is 0 Å².